The van der Waals surface area contributed by atoms with E-state index < -0.39 is 11.9 Å². The summed E-state index contributed by atoms with van der Waals surface area (Å²) in [7, 11) is 0. The minimum atomic E-state index is -0.814. The van der Waals surface area contributed by atoms with Crippen LogP contribution in [-0.2, 0) is 11.3 Å². The molecule has 1 atom stereocenters. The fraction of sp³-hybridized carbons (Fsp3) is 0.364. The van der Waals surface area contributed by atoms with Gasteiger partial charge in [-0.15, -0.1) is 5.10 Å². The molecule has 0 spiro atoms. The zero-order valence-electron chi connectivity index (χ0n) is 9.89. The van der Waals surface area contributed by atoms with Crippen LogP contribution in [0.3, 0.4) is 0 Å². The maximum absolute atomic E-state index is 10.7. The first-order valence-corrected chi connectivity index (χ1v) is 5.58. The van der Waals surface area contributed by atoms with Crippen LogP contribution in [0.2, 0.25) is 0 Å². The van der Waals surface area contributed by atoms with Crippen molar-refractivity contribution < 1.29 is 9.90 Å². The molecule has 0 aromatic carbocycles. The average Bonchev–Trinajstić information content (AvgIpc) is 2.85. The second-order valence-corrected chi connectivity index (χ2v) is 4.00. The highest BCUT2D eigenvalue weighted by Crippen LogP contribution is 2.14. The fourth-order valence-electron chi connectivity index (χ4n) is 1.50. The van der Waals surface area contributed by atoms with Crippen LogP contribution in [0, 0.1) is 5.92 Å². The van der Waals surface area contributed by atoms with Crippen molar-refractivity contribution in [3.05, 3.63) is 24.5 Å². The number of aryl methyl sites for hydroxylation is 1. The maximum atomic E-state index is 10.7. The van der Waals surface area contributed by atoms with Crippen molar-refractivity contribution >= 4 is 5.97 Å². The van der Waals surface area contributed by atoms with Crippen LogP contribution in [0.4, 0.5) is 0 Å². The van der Waals surface area contributed by atoms with Crippen molar-refractivity contribution in [3.63, 3.8) is 0 Å². The van der Waals surface area contributed by atoms with Crippen LogP contribution in [-0.4, -0.2) is 36.3 Å². The first-order chi connectivity index (χ1) is 8.68. The average molecular weight is 247 g/mol. The van der Waals surface area contributed by atoms with E-state index in [1.807, 2.05) is 6.07 Å². The number of tetrazole rings is 1. The van der Waals surface area contributed by atoms with E-state index in [0.29, 0.717) is 18.8 Å². The Morgan fingerprint density at radius 2 is 2.39 bits per heavy atom. The summed E-state index contributed by atoms with van der Waals surface area (Å²) < 4.78 is 1.59. The lowest BCUT2D eigenvalue weighted by atomic mass is 10.1. The molecule has 2 heterocycles. The van der Waals surface area contributed by atoms with E-state index in [-0.39, 0.29) is 0 Å². The first kappa shape index (κ1) is 12.2. The molecule has 2 rings (SSSR count). The van der Waals surface area contributed by atoms with Gasteiger partial charge in [-0.1, -0.05) is 6.92 Å². The predicted octanol–water partition coefficient (Wildman–Crippen LogP) is 0.846. The molecule has 18 heavy (non-hydrogen) atoms. The Balaban J connectivity index is 2.12. The van der Waals surface area contributed by atoms with Crippen molar-refractivity contribution in [1.29, 1.82) is 0 Å². The Hall–Kier alpha value is -2.31. The Morgan fingerprint density at radius 3 is 3.06 bits per heavy atom. The van der Waals surface area contributed by atoms with E-state index in [1.54, 1.807) is 30.1 Å². The van der Waals surface area contributed by atoms with Crippen molar-refractivity contribution in [3.8, 4) is 11.4 Å². The Morgan fingerprint density at radius 1 is 1.56 bits per heavy atom. The number of aliphatic carboxylic acids is 1. The van der Waals surface area contributed by atoms with Crippen LogP contribution < -0.4 is 0 Å². The summed E-state index contributed by atoms with van der Waals surface area (Å²) in [6.45, 7) is 2.13. The molecule has 0 fully saturated rings. The van der Waals surface area contributed by atoms with Gasteiger partial charge in [-0.05, 0) is 29.0 Å². The summed E-state index contributed by atoms with van der Waals surface area (Å²) in [4.78, 5) is 14.7. The third kappa shape index (κ3) is 2.68. The number of carboxylic acids is 1. The number of aromatic nitrogens is 5. The number of carbonyl (C=O) groups is 1. The van der Waals surface area contributed by atoms with Gasteiger partial charge in [-0.3, -0.25) is 9.78 Å². The molecule has 2 aromatic heterocycles. The lowest BCUT2D eigenvalue weighted by Crippen LogP contribution is -2.14. The number of nitrogens with zero attached hydrogens (tertiary/aromatic N) is 5. The highest BCUT2D eigenvalue weighted by atomic mass is 16.4. The Bertz CT molecular complexity index is 525. The summed E-state index contributed by atoms with van der Waals surface area (Å²) in [6.07, 6.45) is 3.82. The van der Waals surface area contributed by atoms with Crippen LogP contribution in [0.25, 0.3) is 11.4 Å². The summed E-state index contributed by atoms with van der Waals surface area (Å²) in [5, 5.41) is 20.2. The van der Waals surface area contributed by atoms with E-state index >= 15 is 0 Å². The molecule has 94 valence electrons. The Kier molecular flexibility index (Phi) is 3.61. The zero-order valence-corrected chi connectivity index (χ0v) is 9.89. The molecule has 1 N–H and O–H groups in total. The first-order valence-electron chi connectivity index (χ1n) is 5.58. The second kappa shape index (κ2) is 5.35. The van der Waals surface area contributed by atoms with E-state index in [1.165, 1.54) is 0 Å². The fourth-order valence-corrected chi connectivity index (χ4v) is 1.50. The van der Waals surface area contributed by atoms with Gasteiger partial charge in [0.05, 0.1) is 5.92 Å². The van der Waals surface area contributed by atoms with Crippen molar-refractivity contribution in [1.82, 2.24) is 25.2 Å². The van der Waals surface area contributed by atoms with E-state index in [2.05, 4.69) is 20.5 Å². The van der Waals surface area contributed by atoms with Gasteiger partial charge in [0.25, 0.3) is 0 Å². The number of pyridine rings is 1. The topological polar surface area (TPSA) is 93.8 Å². The van der Waals surface area contributed by atoms with Gasteiger partial charge in [0.2, 0.25) is 0 Å². The van der Waals surface area contributed by atoms with Crippen molar-refractivity contribution in [2.45, 2.75) is 19.9 Å². The maximum Gasteiger partial charge on any atom is 0.306 e. The molecule has 0 saturated carbocycles. The molecule has 0 aliphatic heterocycles. The minimum absolute atomic E-state index is 0.420. The van der Waals surface area contributed by atoms with Crippen molar-refractivity contribution in [2.75, 3.05) is 0 Å². The molecule has 0 aliphatic rings. The van der Waals surface area contributed by atoms with Gasteiger partial charge in [-0.25, -0.2) is 4.68 Å². The normalized spacial score (nSPS) is 12.3. The predicted molar refractivity (Wildman–Crippen MR) is 62.5 cm³/mol. The number of hydrogen-bond donors (Lipinski definition) is 1. The summed E-state index contributed by atoms with van der Waals surface area (Å²) in [5.41, 5.74) is 0.811. The Labute approximate surface area is 103 Å². The summed E-state index contributed by atoms with van der Waals surface area (Å²) in [5.74, 6) is -0.636. The molecule has 0 aliphatic carbocycles. The quantitative estimate of drug-likeness (QED) is 0.841. The smallest absolute Gasteiger partial charge is 0.306 e. The highest BCUT2D eigenvalue weighted by molar-refractivity contribution is 5.69. The molecular weight excluding hydrogens is 234 g/mol. The van der Waals surface area contributed by atoms with Crippen molar-refractivity contribution in [2.24, 2.45) is 5.92 Å². The summed E-state index contributed by atoms with van der Waals surface area (Å²) in [6, 6.07) is 3.66. The number of rotatable bonds is 5. The van der Waals surface area contributed by atoms with Crippen LogP contribution in [0.5, 0.6) is 0 Å². The molecule has 0 radical (unpaired) electrons. The second-order valence-electron chi connectivity index (χ2n) is 4.00. The molecule has 1 unspecified atom stereocenters. The lowest BCUT2D eigenvalue weighted by molar-refractivity contribution is -0.141. The zero-order chi connectivity index (χ0) is 13.0. The van der Waals surface area contributed by atoms with Crippen LogP contribution >= 0.6 is 0 Å². The minimum Gasteiger partial charge on any atom is -0.481 e. The van der Waals surface area contributed by atoms with Gasteiger partial charge >= 0.3 is 5.97 Å². The molecule has 0 bridgehead atoms. The standard InChI is InChI=1S/C11H13N5O2/c1-8(11(17)18)4-6-16-10(13-14-15-16)9-3-2-5-12-7-9/h2-3,5,7-8H,4,6H2,1H3,(H,17,18). The molecule has 7 heteroatoms. The van der Waals surface area contributed by atoms with Gasteiger partial charge in [0.15, 0.2) is 5.82 Å². The molecule has 0 amide bonds. The molecule has 2 aromatic rings. The SMILES string of the molecule is CC(CCn1nnnc1-c1cccnc1)C(=O)O. The van der Waals surface area contributed by atoms with E-state index in [4.69, 9.17) is 5.11 Å². The van der Waals surface area contributed by atoms with E-state index in [9.17, 15) is 4.79 Å². The van der Waals surface area contributed by atoms with Gasteiger partial charge < -0.3 is 5.11 Å². The third-order valence-electron chi connectivity index (χ3n) is 2.65. The third-order valence-corrected chi connectivity index (χ3v) is 2.65. The highest BCUT2D eigenvalue weighted by Gasteiger charge is 2.14. The lowest BCUT2D eigenvalue weighted by Gasteiger charge is -2.07. The van der Waals surface area contributed by atoms with Gasteiger partial charge in [0.1, 0.15) is 0 Å². The molecule has 0 saturated heterocycles. The van der Waals surface area contributed by atoms with Gasteiger partial charge in [0, 0.05) is 24.5 Å². The largest absolute Gasteiger partial charge is 0.481 e. The monoisotopic (exact) mass is 247 g/mol. The van der Waals surface area contributed by atoms with Gasteiger partial charge in [-0.2, -0.15) is 0 Å². The molecule has 7 nitrogen and oxygen atoms in total. The van der Waals surface area contributed by atoms with Crippen LogP contribution in [0.1, 0.15) is 13.3 Å². The number of carboxylic acid groups (broad SMARTS) is 1. The molecular formula is C11H13N5O2. The van der Waals surface area contributed by atoms with Crippen LogP contribution in [0.15, 0.2) is 24.5 Å². The summed E-state index contributed by atoms with van der Waals surface area (Å²) >= 11 is 0. The number of hydrogen-bond acceptors (Lipinski definition) is 5. The van der Waals surface area contributed by atoms with E-state index in [0.717, 1.165) is 5.56 Å².